The van der Waals surface area contributed by atoms with Gasteiger partial charge in [-0.15, -0.1) is 0 Å². The minimum absolute atomic E-state index is 0.0282. The second kappa shape index (κ2) is 13.8. The van der Waals surface area contributed by atoms with E-state index >= 15 is 0 Å². The number of hydrogen-bond acceptors (Lipinski definition) is 6. The quantitative estimate of drug-likeness (QED) is 0.371. The number of nitriles is 1. The molecule has 0 aromatic heterocycles. The van der Waals surface area contributed by atoms with Crippen LogP contribution < -0.4 is 10.6 Å². The van der Waals surface area contributed by atoms with Gasteiger partial charge in [0.05, 0.1) is 11.6 Å². The Bertz CT molecular complexity index is 1010. The van der Waals surface area contributed by atoms with Crippen molar-refractivity contribution in [1.29, 1.82) is 5.26 Å². The third-order valence-electron chi connectivity index (χ3n) is 4.90. The van der Waals surface area contributed by atoms with E-state index in [1.54, 1.807) is 32.9 Å². The Morgan fingerprint density at radius 1 is 1.00 bits per heavy atom. The van der Waals surface area contributed by atoms with Crippen LogP contribution in [0.25, 0.3) is 0 Å². The number of esters is 1. The second-order valence-corrected chi connectivity index (χ2v) is 9.09. The zero-order valence-electron chi connectivity index (χ0n) is 20.5. The number of nitrogens with one attached hydrogen (secondary N) is 2. The molecular weight excluding hydrogens is 446 g/mol. The molecule has 0 radical (unpaired) electrons. The molecule has 0 spiro atoms. The molecule has 2 N–H and O–H groups in total. The van der Waals surface area contributed by atoms with Crippen LogP contribution >= 0.6 is 0 Å². The predicted molar refractivity (Wildman–Crippen MR) is 131 cm³/mol. The number of aryl methyl sites for hydroxylation is 1. The lowest BCUT2D eigenvalue weighted by Gasteiger charge is -2.21. The third kappa shape index (κ3) is 11.2. The number of rotatable bonds is 11. The van der Waals surface area contributed by atoms with Crippen LogP contribution in [0.2, 0.25) is 0 Å². The Hall–Kier alpha value is -3.86. The van der Waals surface area contributed by atoms with E-state index in [-0.39, 0.29) is 19.4 Å². The second-order valence-electron chi connectivity index (χ2n) is 9.09. The Labute approximate surface area is 206 Å². The zero-order valence-corrected chi connectivity index (χ0v) is 20.5. The first-order valence-corrected chi connectivity index (χ1v) is 11.6. The van der Waals surface area contributed by atoms with E-state index in [4.69, 9.17) is 14.7 Å². The molecule has 1 atom stereocenters. The number of carbonyl (C=O) groups excluding carboxylic acids is 3. The first-order valence-electron chi connectivity index (χ1n) is 11.6. The van der Waals surface area contributed by atoms with Crippen molar-refractivity contribution in [3.05, 3.63) is 71.3 Å². The summed E-state index contributed by atoms with van der Waals surface area (Å²) in [5, 5.41) is 14.3. The standard InChI is InChI=1S/C27H33N3O5/c1-27(2,3)35-24(31)16-15-23(30-26(33)34-19-22-8-5-4-6-9-22)25(32)29-17-7-10-20-11-13-21(18-28)14-12-20/h4-6,8-9,11-14,23H,7,10,15-17,19H2,1-3H3,(H,29,32)(H,30,33)/t23-/m1/s1. The van der Waals surface area contributed by atoms with Gasteiger partial charge in [0.2, 0.25) is 5.91 Å². The van der Waals surface area contributed by atoms with Crippen molar-refractivity contribution >= 4 is 18.0 Å². The van der Waals surface area contributed by atoms with E-state index in [0.717, 1.165) is 17.5 Å². The zero-order chi connectivity index (χ0) is 25.7. The van der Waals surface area contributed by atoms with Crippen molar-refractivity contribution in [2.75, 3.05) is 6.54 Å². The van der Waals surface area contributed by atoms with Gasteiger partial charge in [0.15, 0.2) is 0 Å². The van der Waals surface area contributed by atoms with Gasteiger partial charge in [-0.2, -0.15) is 5.26 Å². The van der Waals surface area contributed by atoms with Gasteiger partial charge in [-0.3, -0.25) is 9.59 Å². The van der Waals surface area contributed by atoms with Crippen LogP contribution in [0.5, 0.6) is 0 Å². The maximum atomic E-state index is 12.8. The average Bonchev–Trinajstić information content (AvgIpc) is 2.83. The van der Waals surface area contributed by atoms with Crippen molar-refractivity contribution in [3.8, 4) is 6.07 Å². The van der Waals surface area contributed by atoms with Gasteiger partial charge < -0.3 is 20.1 Å². The maximum absolute atomic E-state index is 12.8. The van der Waals surface area contributed by atoms with E-state index in [2.05, 4.69) is 16.7 Å². The van der Waals surface area contributed by atoms with Crippen LogP contribution in [0.1, 0.15) is 56.7 Å². The molecule has 2 rings (SSSR count). The molecular formula is C27H33N3O5. The van der Waals surface area contributed by atoms with Crippen molar-refractivity contribution in [2.24, 2.45) is 0 Å². The largest absolute Gasteiger partial charge is 0.460 e. The molecule has 2 amide bonds. The lowest BCUT2D eigenvalue weighted by Crippen LogP contribution is -2.47. The van der Waals surface area contributed by atoms with Crippen LogP contribution in [-0.4, -0.2) is 36.2 Å². The van der Waals surface area contributed by atoms with Gasteiger partial charge in [0.25, 0.3) is 0 Å². The topological polar surface area (TPSA) is 118 Å². The number of nitrogens with zero attached hydrogens (tertiary/aromatic N) is 1. The Morgan fingerprint density at radius 3 is 2.31 bits per heavy atom. The minimum atomic E-state index is -0.944. The lowest BCUT2D eigenvalue weighted by atomic mass is 10.1. The summed E-state index contributed by atoms with van der Waals surface area (Å²) in [6.45, 7) is 5.76. The van der Waals surface area contributed by atoms with Crippen molar-refractivity contribution in [1.82, 2.24) is 10.6 Å². The van der Waals surface area contributed by atoms with Gasteiger partial charge in [0.1, 0.15) is 18.2 Å². The van der Waals surface area contributed by atoms with E-state index in [1.165, 1.54) is 0 Å². The van der Waals surface area contributed by atoms with E-state index in [9.17, 15) is 14.4 Å². The van der Waals surface area contributed by atoms with Crippen molar-refractivity contribution in [2.45, 2.75) is 64.7 Å². The van der Waals surface area contributed by atoms with Gasteiger partial charge in [-0.05, 0) is 63.3 Å². The molecule has 0 heterocycles. The molecule has 2 aromatic rings. The fraction of sp³-hybridized carbons (Fsp3) is 0.407. The summed E-state index contributed by atoms with van der Waals surface area (Å²) in [6, 6.07) is 17.6. The predicted octanol–water partition coefficient (Wildman–Crippen LogP) is 4.02. The van der Waals surface area contributed by atoms with Gasteiger partial charge in [-0.25, -0.2) is 4.79 Å². The average molecular weight is 480 g/mol. The van der Waals surface area contributed by atoms with Gasteiger partial charge in [0, 0.05) is 13.0 Å². The Morgan fingerprint density at radius 2 is 1.69 bits per heavy atom. The van der Waals surface area contributed by atoms with Gasteiger partial charge >= 0.3 is 12.1 Å². The first kappa shape index (κ1) is 27.4. The monoisotopic (exact) mass is 479 g/mol. The van der Waals surface area contributed by atoms with Crippen LogP contribution in [0.15, 0.2) is 54.6 Å². The number of amides is 2. The summed E-state index contributed by atoms with van der Waals surface area (Å²) >= 11 is 0. The van der Waals surface area contributed by atoms with Crippen LogP contribution in [0.3, 0.4) is 0 Å². The number of benzene rings is 2. The normalized spacial score (nSPS) is 11.6. The summed E-state index contributed by atoms with van der Waals surface area (Å²) in [5.74, 6) is -0.847. The number of ether oxygens (including phenoxy) is 2. The molecule has 0 fully saturated rings. The number of alkyl carbamates (subject to hydrolysis) is 1. The molecule has 0 saturated heterocycles. The van der Waals surface area contributed by atoms with Gasteiger partial charge in [-0.1, -0.05) is 42.5 Å². The van der Waals surface area contributed by atoms with Crippen molar-refractivity contribution in [3.63, 3.8) is 0 Å². The molecule has 2 aromatic carbocycles. The van der Waals surface area contributed by atoms with Crippen molar-refractivity contribution < 1.29 is 23.9 Å². The molecule has 0 bridgehead atoms. The summed E-state index contributed by atoms with van der Waals surface area (Å²) in [5.41, 5.74) is 1.84. The highest BCUT2D eigenvalue weighted by atomic mass is 16.6. The molecule has 0 aliphatic carbocycles. The molecule has 35 heavy (non-hydrogen) atoms. The van der Waals surface area contributed by atoms with Crippen LogP contribution in [0, 0.1) is 11.3 Å². The highest BCUT2D eigenvalue weighted by Crippen LogP contribution is 2.11. The molecule has 186 valence electrons. The van der Waals surface area contributed by atoms with E-state index in [1.807, 2.05) is 42.5 Å². The molecule has 0 aliphatic rings. The summed E-state index contributed by atoms with van der Waals surface area (Å²) < 4.78 is 10.5. The first-order chi connectivity index (χ1) is 16.7. The fourth-order valence-electron chi connectivity index (χ4n) is 3.20. The molecule has 8 heteroatoms. The summed E-state index contributed by atoms with van der Waals surface area (Å²) in [4.78, 5) is 37.2. The maximum Gasteiger partial charge on any atom is 0.408 e. The molecule has 0 saturated carbocycles. The summed E-state index contributed by atoms with van der Waals surface area (Å²) in [6.07, 6.45) is 0.711. The van der Waals surface area contributed by atoms with Crippen LogP contribution in [0.4, 0.5) is 4.79 Å². The van der Waals surface area contributed by atoms with E-state index < -0.39 is 29.6 Å². The minimum Gasteiger partial charge on any atom is -0.460 e. The number of hydrogen-bond donors (Lipinski definition) is 2. The van der Waals surface area contributed by atoms with E-state index in [0.29, 0.717) is 18.5 Å². The fourth-order valence-corrected chi connectivity index (χ4v) is 3.20. The third-order valence-corrected chi connectivity index (χ3v) is 4.90. The number of carbonyl (C=O) groups is 3. The van der Waals surface area contributed by atoms with Crippen LogP contribution in [-0.2, 0) is 32.1 Å². The highest BCUT2D eigenvalue weighted by Gasteiger charge is 2.24. The molecule has 0 unspecified atom stereocenters. The lowest BCUT2D eigenvalue weighted by molar-refractivity contribution is -0.155. The highest BCUT2D eigenvalue weighted by molar-refractivity contribution is 5.86. The Kier molecular flexibility index (Phi) is 10.8. The molecule has 0 aliphatic heterocycles. The Balaban J connectivity index is 1.87. The summed E-state index contributed by atoms with van der Waals surface area (Å²) in [7, 11) is 0. The smallest absolute Gasteiger partial charge is 0.408 e. The SMILES string of the molecule is CC(C)(C)OC(=O)CC[C@@H](NC(=O)OCc1ccccc1)C(=O)NCCCc1ccc(C#N)cc1. The molecule has 8 nitrogen and oxygen atoms in total.